The van der Waals surface area contributed by atoms with Crippen LogP contribution in [-0.4, -0.2) is 36.1 Å². The summed E-state index contributed by atoms with van der Waals surface area (Å²) in [6.07, 6.45) is -0.321. The van der Waals surface area contributed by atoms with Crippen molar-refractivity contribution < 1.29 is 23.9 Å². The van der Waals surface area contributed by atoms with E-state index < -0.39 is 23.7 Å². The highest BCUT2D eigenvalue weighted by Crippen LogP contribution is 2.13. The molecule has 0 aliphatic rings. The smallest absolute Gasteiger partial charge is 0.408 e. The third kappa shape index (κ3) is 8.32. The summed E-state index contributed by atoms with van der Waals surface area (Å²) in [6, 6.07) is -0.755. The molecule has 6 heteroatoms. The minimum Gasteiger partial charge on any atom is -0.466 e. The summed E-state index contributed by atoms with van der Waals surface area (Å²) >= 11 is 0. The van der Waals surface area contributed by atoms with E-state index in [9.17, 15) is 14.4 Å². The van der Waals surface area contributed by atoms with Crippen molar-refractivity contribution in [3.05, 3.63) is 0 Å². The maximum Gasteiger partial charge on any atom is 0.408 e. The number of alkyl carbamates (subject to hydrolysis) is 1. The molecule has 0 aliphatic carbocycles. The second-order valence-electron chi connectivity index (χ2n) is 5.96. The quantitative estimate of drug-likeness (QED) is 0.577. The molecule has 122 valence electrons. The molecule has 0 saturated carbocycles. The number of carbonyl (C=O) groups excluding carboxylic acids is 3. The van der Waals surface area contributed by atoms with Crippen LogP contribution in [0.25, 0.3) is 0 Å². The fraction of sp³-hybridized carbons (Fsp3) is 0.800. The van der Waals surface area contributed by atoms with Crippen LogP contribution in [0.3, 0.4) is 0 Å². The van der Waals surface area contributed by atoms with Crippen LogP contribution in [0.2, 0.25) is 0 Å². The summed E-state index contributed by atoms with van der Waals surface area (Å²) < 4.78 is 9.90. The summed E-state index contributed by atoms with van der Waals surface area (Å²) in [5, 5.41) is 2.55. The van der Waals surface area contributed by atoms with Crippen molar-refractivity contribution in [3.8, 4) is 0 Å². The number of ketones is 1. The van der Waals surface area contributed by atoms with Crippen molar-refractivity contribution in [2.75, 3.05) is 6.61 Å². The zero-order valence-electron chi connectivity index (χ0n) is 13.8. The van der Waals surface area contributed by atoms with Gasteiger partial charge >= 0.3 is 12.1 Å². The van der Waals surface area contributed by atoms with Gasteiger partial charge in [-0.15, -0.1) is 0 Å². The van der Waals surface area contributed by atoms with Crippen LogP contribution in [-0.2, 0) is 19.1 Å². The molecule has 0 heterocycles. The Morgan fingerprint density at radius 1 is 1.14 bits per heavy atom. The van der Waals surface area contributed by atoms with E-state index in [0.29, 0.717) is 6.42 Å². The van der Waals surface area contributed by atoms with Gasteiger partial charge in [0.25, 0.3) is 0 Å². The van der Waals surface area contributed by atoms with Crippen molar-refractivity contribution >= 4 is 17.8 Å². The van der Waals surface area contributed by atoms with Gasteiger partial charge in [-0.2, -0.15) is 0 Å². The zero-order valence-corrected chi connectivity index (χ0v) is 13.8. The first-order valence-corrected chi connectivity index (χ1v) is 7.28. The first-order valence-electron chi connectivity index (χ1n) is 7.28. The maximum atomic E-state index is 12.2. The molecular formula is C15H27NO5. The molecule has 2 atom stereocenters. The lowest BCUT2D eigenvalue weighted by atomic mass is 9.94. The summed E-state index contributed by atoms with van der Waals surface area (Å²) in [7, 11) is 0. The van der Waals surface area contributed by atoms with E-state index in [4.69, 9.17) is 9.47 Å². The van der Waals surface area contributed by atoms with Gasteiger partial charge in [0.2, 0.25) is 0 Å². The second kappa shape index (κ2) is 8.64. The first-order chi connectivity index (χ1) is 9.60. The Bertz CT molecular complexity index is 373. The van der Waals surface area contributed by atoms with Crippen molar-refractivity contribution in [2.24, 2.45) is 5.92 Å². The lowest BCUT2D eigenvalue weighted by molar-refractivity contribution is -0.146. The van der Waals surface area contributed by atoms with E-state index in [2.05, 4.69) is 5.32 Å². The highest BCUT2D eigenvalue weighted by Gasteiger charge is 2.29. The first kappa shape index (κ1) is 19.4. The van der Waals surface area contributed by atoms with Gasteiger partial charge in [0.05, 0.1) is 12.6 Å². The van der Waals surface area contributed by atoms with E-state index >= 15 is 0 Å². The summed E-state index contributed by atoms with van der Waals surface area (Å²) in [4.78, 5) is 35.4. The number of rotatable bonds is 7. The molecule has 0 fully saturated rings. The second-order valence-corrected chi connectivity index (χ2v) is 5.96. The van der Waals surface area contributed by atoms with E-state index in [1.165, 1.54) is 0 Å². The molecule has 0 radical (unpaired) electrons. The fourth-order valence-electron chi connectivity index (χ4n) is 1.67. The van der Waals surface area contributed by atoms with Gasteiger partial charge < -0.3 is 14.8 Å². The Kier molecular flexibility index (Phi) is 7.99. The molecular weight excluding hydrogens is 274 g/mol. The van der Waals surface area contributed by atoms with E-state index in [1.807, 2.05) is 13.8 Å². The lowest BCUT2D eigenvalue weighted by Gasteiger charge is -2.25. The fourth-order valence-corrected chi connectivity index (χ4v) is 1.67. The molecule has 0 aromatic carbocycles. The molecule has 2 unspecified atom stereocenters. The van der Waals surface area contributed by atoms with E-state index in [1.54, 1.807) is 27.7 Å². The van der Waals surface area contributed by atoms with E-state index in [0.717, 1.165) is 0 Å². The third-order valence-corrected chi connectivity index (χ3v) is 2.86. The summed E-state index contributed by atoms with van der Waals surface area (Å²) in [5.74, 6) is -1.05. The van der Waals surface area contributed by atoms with Gasteiger partial charge in [-0.05, 0) is 33.6 Å². The lowest BCUT2D eigenvalue weighted by Crippen LogP contribution is -2.47. The predicted molar refractivity (Wildman–Crippen MR) is 78.9 cm³/mol. The van der Waals surface area contributed by atoms with Gasteiger partial charge in [0, 0.05) is 0 Å². The molecule has 0 aromatic rings. The molecule has 0 rings (SSSR count). The molecule has 1 amide bonds. The van der Waals surface area contributed by atoms with Crippen molar-refractivity contribution in [2.45, 2.75) is 66.0 Å². The monoisotopic (exact) mass is 301 g/mol. The molecule has 0 aromatic heterocycles. The van der Waals surface area contributed by atoms with Crippen LogP contribution >= 0.6 is 0 Å². The molecule has 21 heavy (non-hydrogen) atoms. The Hall–Kier alpha value is -1.59. The predicted octanol–water partition coefficient (Wildman–Crippen LogP) is 2.45. The molecule has 0 saturated heterocycles. The van der Waals surface area contributed by atoms with Crippen LogP contribution in [0.1, 0.15) is 54.4 Å². The van der Waals surface area contributed by atoms with Gasteiger partial charge in [-0.25, -0.2) is 4.79 Å². The van der Waals surface area contributed by atoms with Crippen LogP contribution in [0.4, 0.5) is 4.79 Å². The average Bonchev–Trinajstić information content (AvgIpc) is 2.32. The maximum absolute atomic E-state index is 12.2. The number of esters is 1. The molecule has 0 aliphatic heterocycles. The number of Topliss-reactive ketones (excluding diaryl/α,β-unsaturated/α-hetero) is 1. The van der Waals surface area contributed by atoms with Crippen LogP contribution in [0.5, 0.6) is 0 Å². The number of nitrogens with one attached hydrogen (secondary N) is 1. The number of hydrogen-bond acceptors (Lipinski definition) is 5. The highest BCUT2D eigenvalue weighted by molar-refractivity contribution is 5.99. The van der Waals surface area contributed by atoms with Crippen molar-refractivity contribution in [3.63, 3.8) is 0 Å². The largest absolute Gasteiger partial charge is 0.466 e. The van der Waals surface area contributed by atoms with Crippen molar-refractivity contribution in [1.82, 2.24) is 5.32 Å². The number of hydrogen-bond donors (Lipinski definition) is 1. The Morgan fingerprint density at radius 3 is 2.14 bits per heavy atom. The SMILES string of the molecule is CCOC(=O)CC(=O)C(NC(=O)OC(C)(C)C)C(C)CC. The summed E-state index contributed by atoms with van der Waals surface area (Å²) in [5.41, 5.74) is -0.645. The number of amides is 1. The third-order valence-electron chi connectivity index (χ3n) is 2.86. The van der Waals surface area contributed by atoms with E-state index in [-0.39, 0.29) is 24.7 Å². The van der Waals surface area contributed by atoms with Crippen molar-refractivity contribution in [1.29, 1.82) is 0 Å². The average molecular weight is 301 g/mol. The Balaban J connectivity index is 4.76. The number of ether oxygens (including phenoxy) is 2. The molecule has 0 spiro atoms. The van der Waals surface area contributed by atoms with Gasteiger partial charge in [-0.3, -0.25) is 9.59 Å². The minimum absolute atomic E-state index is 0.0977. The minimum atomic E-state index is -0.755. The van der Waals surface area contributed by atoms with Crippen LogP contribution in [0, 0.1) is 5.92 Å². The topological polar surface area (TPSA) is 81.7 Å². The van der Waals surface area contributed by atoms with Gasteiger partial charge in [-0.1, -0.05) is 20.3 Å². The van der Waals surface area contributed by atoms with Crippen LogP contribution < -0.4 is 5.32 Å². The zero-order chi connectivity index (χ0) is 16.6. The normalized spacial score (nSPS) is 14.0. The number of carbonyl (C=O) groups is 3. The van der Waals surface area contributed by atoms with Crippen LogP contribution in [0.15, 0.2) is 0 Å². The Morgan fingerprint density at radius 2 is 1.71 bits per heavy atom. The van der Waals surface area contributed by atoms with Gasteiger partial charge in [0.1, 0.15) is 12.0 Å². The van der Waals surface area contributed by atoms with Gasteiger partial charge in [0.15, 0.2) is 5.78 Å². The molecule has 1 N–H and O–H groups in total. The Labute approximate surface area is 126 Å². The summed E-state index contributed by atoms with van der Waals surface area (Å²) in [6.45, 7) is 10.9. The molecule has 6 nitrogen and oxygen atoms in total. The molecule has 0 bridgehead atoms. The highest BCUT2D eigenvalue weighted by atomic mass is 16.6. The standard InChI is InChI=1S/C15H27NO5/c1-7-10(3)13(11(17)9-12(18)20-8-2)16-14(19)21-15(4,5)6/h10,13H,7-9H2,1-6H3,(H,16,19).